The lowest BCUT2D eigenvalue weighted by molar-refractivity contribution is 0.0159. The Bertz CT molecular complexity index is 831. The highest BCUT2D eigenvalue weighted by Gasteiger charge is 2.48. The largest absolute Gasteiger partial charge is 0.591 e. The quantitative estimate of drug-likeness (QED) is 0.642. The topological polar surface area (TPSA) is 74.2 Å². The molecule has 1 saturated heterocycles. The van der Waals surface area contributed by atoms with Crippen LogP contribution in [0, 0.1) is 5.41 Å². The fourth-order valence-electron chi connectivity index (χ4n) is 4.01. The van der Waals surface area contributed by atoms with Gasteiger partial charge < -0.3 is 18.9 Å². The lowest BCUT2D eigenvalue weighted by atomic mass is 9.74. The molecule has 0 unspecified atom stereocenters. The number of benzene rings is 1. The fourth-order valence-corrected chi connectivity index (χ4v) is 4.75. The SMILES string of the molecule is COc1ccc2c(c1)/C(=N\[S@+]([O-])C(C)(C)C)C1(CCN(C(=O)OC(C)(C)C)CC1)C2. The summed E-state index contributed by atoms with van der Waals surface area (Å²) in [4.78, 5) is 14.3. The zero-order valence-corrected chi connectivity index (χ0v) is 20.0. The van der Waals surface area contributed by atoms with Gasteiger partial charge in [0.1, 0.15) is 33.2 Å². The molecule has 7 heteroatoms. The summed E-state index contributed by atoms with van der Waals surface area (Å²) < 4.78 is 28.3. The Morgan fingerprint density at radius 1 is 1.17 bits per heavy atom. The highest BCUT2D eigenvalue weighted by Crippen LogP contribution is 2.46. The van der Waals surface area contributed by atoms with Gasteiger partial charge in [-0.15, -0.1) is 0 Å². The number of amides is 1. The molecule has 0 N–H and O–H groups in total. The van der Waals surface area contributed by atoms with Crippen LogP contribution in [0.1, 0.15) is 65.5 Å². The lowest BCUT2D eigenvalue weighted by Gasteiger charge is -2.39. The summed E-state index contributed by atoms with van der Waals surface area (Å²) >= 11 is -1.36. The van der Waals surface area contributed by atoms with Crippen molar-refractivity contribution in [2.24, 2.45) is 9.81 Å². The number of hydrogen-bond donors (Lipinski definition) is 0. The Morgan fingerprint density at radius 2 is 1.80 bits per heavy atom. The molecule has 0 aromatic heterocycles. The minimum atomic E-state index is -1.36. The van der Waals surface area contributed by atoms with Crippen molar-refractivity contribution in [2.45, 2.75) is 71.2 Å². The van der Waals surface area contributed by atoms with Crippen LogP contribution in [0.2, 0.25) is 0 Å². The smallest absolute Gasteiger partial charge is 0.410 e. The number of likely N-dealkylation sites (tertiary alicyclic amines) is 1. The summed E-state index contributed by atoms with van der Waals surface area (Å²) in [5.74, 6) is 0.770. The molecule has 166 valence electrons. The van der Waals surface area contributed by atoms with Crippen LogP contribution in [0.4, 0.5) is 4.79 Å². The van der Waals surface area contributed by atoms with Gasteiger partial charge in [-0.1, -0.05) is 10.5 Å². The van der Waals surface area contributed by atoms with Gasteiger partial charge in [-0.3, -0.25) is 0 Å². The van der Waals surface area contributed by atoms with Crippen LogP contribution >= 0.6 is 0 Å². The predicted octanol–water partition coefficient (Wildman–Crippen LogP) is 4.52. The molecule has 1 atom stereocenters. The first-order valence-electron chi connectivity index (χ1n) is 10.5. The Hall–Kier alpha value is -1.73. The fraction of sp³-hybridized carbons (Fsp3) is 0.652. The molecule has 1 aliphatic carbocycles. The highest BCUT2D eigenvalue weighted by atomic mass is 32.2. The second-order valence-corrected chi connectivity index (χ2v) is 12.2. The van der Waals surface area contributed by atoms with E-state index in [9.17, 15) is 9.35 Å². The van der Waals surface area contributed by atoms with Crippen LogP contribution in [0.5, 0.6) is 5.75 Å². The van der Waals surface area contributed by atoms with E-state index in [4.69, 9.17) is 13.9 Å². The van der Waals surface area contributed by atoms with E-state index in [1.54, 1.807) is 12.0 Å². The average molecular weight is 435 g/mol. The standard InChI is InChI=1S/C23H34N2O4S/c1-21(2,3)29-20(26)25-12-10-23(11-13-25)15-16-8-9-17(28-7)14-18(16)19(23)24-30(27)22(4,5)6/h8-9,14H,10-13,15H2,1-7H3/b24-19+/t30-/m1/s1. The van der Waals surface area contributed by atoms with Gasteiger partial charge in [0.2, 0.25) is 0 Å². The van der Waals surface area contributed by atoms with E-state index >= 15 is 0 Å². The van der Waals surface area contributed by atoms with Crippen molar-refractivity contribution in [3.05, 3.63) is 29.3 Å². The van der Waals surface area contributed by atoms with Gasteiger partial charge in [-0.2, -0.15) is 0 Å². The van der Waals surface area contributed by atoms with Gasteiger partial charge in [0.05, 0.1) is 7.11 Å². The number of fused-ring (bicyclic) bond motifs is 1. The third-order valence-electron chi connectivity index (χ3n) is 5.67. The molecule has 1 amide bonds. The zero-order chi connectivity index (χ0) is 22.3. The maximum absolute atomic E-state index is 12.9. The van der Waals surface area contributed by atoms with Crippen molar-refractivity contribution in [1.29, 1.82) is 0 Å². The van der Waals surface area contributed by atoms with Crippen LogP contribution in [-0.4, -0.2) is 51.8 Å². The number of nitrogens with zero attached hydrogens (tertiary/aromatic N) is 2. The van der Waals surface area contributed by atoms with Crippen LogP contribution in [0.15, 0.2) is 22.6 Å². The Labute approximate surface area is 183 Å². The molecule has 30 heavy (non-hydrogen) atoms. The molecule has 0 radical (unpaired) electrons. The van der Waals surface area contributed by atoms with Gasteiger partial charge >= 0.3 is 6.09 Å². The maximum Gasteiger partial charge on any atom is 0.410 e. The number of piperidine rings is 1. The summed E-state index contributed by atoms with van der Waals surface area (Å²) in [6, 6.07) is 6.05. The normalized spacial score (nSPS) is 20.9. The summed E-state index contributed by atoms with van der Waals surface area (Å²) in [6.07, 6.45) is 2.10. The van der Waals surface area contributed by atoms with E-state index in [1.165, 1.54) is 5.56 Å². The molecule has 2 aliphatic rings. The molecule has 3 rings (SSSR count). The molecule has 0 bridgehead atoms. The zero-order valence-electron chi connectivity index (χ0n) is 19.2. The van der Waals surface area contributed by atoms with Crippen molar-refractivity contribution >= 4 is 23.2 Å². The highest BCUT2D eigenvalue weighted by molar-refractivity contribution is 7.91. The first kappa shape index (κ1) is 22.9. The summed E-state index contributed by atoms with van der Waals surface area (Å²) in [7, 11) is 1.65. The van der Waals surface area contributed by atoms with Gasteiger partial charge in [0.25, 0.3) is 0 Å². The minimum Gasteiger partial charge on any atom is -0.591 e. The van der Waals surface area contributed by atoms with E-state index < -0.39 is 21.7 Å². The molecule has 6 nitrogen and oxygen atoms in total. The number of carbonyl (C=O) groups is 1. The molecule has 1 fully saturated rings. The molecule has 1 aromatic rings. The van der Waals surface area contributed by atoms with Crippen molar-refractivity contribution in [2.75, 3.05) is 20.2 Å². The van der Waals surface area contributed by atoms with Gasteiger partial charge in [-0.05, 0) is 78.5 Å². The second kappa shape index (κ2) is 8.08. The molecule has 1 spiro atoms. The molecule has 1 aliphatic heterocycles. The van der Waals surface area contributed by atoms with Crippen LogP contribution < -0.4 is 4.74 Å². The molecule has 1 heterocycles. The summed E-state index contributed by atoms with van der Waals surface area (Å²) in [5.41, 5.74) is 2.40. The van der Waals surface area contributed by atoms with E-state index in [0.29, 0.717) is 13.1 Å². The molecule has 1 aromatic carbocycles. The monoisotopic (exact) mass is 434 g/mol. The number of methoxy groups -OCH3 is 1. The number of rotatable bonds is 2. The molecular weight excluding hydrogens is 400 g/mol. The lowest BCUT2D eigenvalue weighted by Crippen LogP contribution is -2.47. The number of carbonyl (C=O) groups excluding carboxylic acids is 1. The third kappa shape index (κ3) is 4.78. The van der Waals surface area contributed by atoms with Gasteiger partial charge in [0, 0.05) is 24.1 Å². The second-order valence-electron chi connectivity index (χ2n) is 10.2. The number of ether oxygens (including phenoxy) is 2. The Morgan fingerprint density at radius 3 is 2.33 bits per heavy atom. The predicted molar refractivity (Wildman–Crippen MR) is 121 cm³/mol. The van der Waals surface area contributed by atoms with Crippen LogP contribution in [0.3, 0.4) is 0 Å². The van der Waals surface area contributed by atoms with Crippen molar-refractivity contribution in [3.63, 3.8) is 0 Å². The first-order chi connectivity index (χ1) is 13.8. The first-order valence-corrected chi connectivity index (χ1v) is 11.6. The maximum atomic E-state index is 12.9. The van der Waals surface area contributed by atoms with E-state index in [1.807, 2.05) is 53.7 Å². The van der Waals surface area contributed by atoms with Crippen LogP contribution in [0.25, 0.3) is 0 Å². The van der Waals surface area contributed by atoms with Gasteiger partial charge in [0.15, 0.2) is 0 Å². The van der Waals surface area contributed by atoms with E-state index in [0.717, 1.165) is 36.3 Å². The van der Waals surface area contributed by atoms with Crippen molar-refractivity contribution in [1.82, 2.24) is 4.90 Å². The Balaban J connectivity index is 1.90. The average Bonchev–Trinajstić information content (AvgIpc) is 2.92. The van der Waals surface area contributed by atoms with Gasteiger partial charge in [-0.25, -0.2) is 4.79 Å². The van der Waals surface area contributed by atoms with E-state index in [2.05, 4.69) is 6.07 Å². The minimum absolute atomic E-state index is 0.214. The molecular formula is C23H34N2O4S. The summed E-state index contributed by atoms with van der Waals surface area (Å²) in [5, 5.41) is 0. The third-order valence-corrected chi connectivity index (χ3v) is 7.07. The summed E-state index contributed by atoms with van der Waals surface area (Å²) in [6.45, 7) is 12.6. The number of hydrogen-bond acceptors (Lipinski definition) is 5. The Kier molecular flexibility index (Phi) is 6.18. The molecule has 0 saturated carbocycles. The van der Waals surface area contributed by atoms with E-state index in [-0.39, 0.29) is 11.5 Å². The van der Waals surface area contributed by atoms with Crippen molar-refractivity contribution in [3.8, 4) is 5.75 Å². The van der Waals surface area contributed by atoms with Crippen LogP contribution in [-0.2, 0) is 22.5 Å². The van der Waals surface area contributed by atoms with Crippen molar-refractivity contribution < 1.29 is 18.8 Å².